The molecular formula is C35H29Cl2F4N7O3. The minimum atomic E-state index is -3.15. The van der Waals surface area contributed by atoms with E-state index < -0.39 is 37.0 Å². The third-order valence-electron chi connectivity index (χ3n) is 8.80. The van der Waals surface area contributed by atoms with Crippen molar-refractivity contribution < 1.29 is 31.6 Å². The number of ketones is 1. The number of nitrogens with one attached hydrogen (secondary N) is 1. The number of carbonyl (C=O) groups is 2. The van der Waals surface area contributed by atoms with Crippen molar-refractivity contribution in [3.63, 3.8) is 0 Å². The summed E-state index contributed by atoms with van der Waals surface area (Å²) >= 11 is 12.1. The zero-order valence-electron chi connectivity index (χ0n) is 26.7. The van der Waals surface area contributed by atoms with Gasteiger partial charge in [0.25, 0.3) is 17.7 Å². The first-order chi connectivity index (χ1) is 24.4. The molecule has 3 heterocycles. The molecule has 2 saturated carbocycles. The lowest BCUT2D eigenvalue weighted by atomic mass is 9.92. The lowest BCUT2D eigenvalue weighted by Gasteiger charge is -2.15. The molecule has 1 amide bonds. The average molecular weight is 743 g/mol. The predicted molar refractivity (Wildman–Crippen MR) is 178 cm³/mol. The number of amides is 1. The molecule has 0 bridgehead atoms. The number of hydrogen-bond acceptors (Lipinski definition) is 9. The maximum absolute atomic E-state index is 12.5. The van der Waals surface area contributed by atoms with Crippen LogP contribution < -0.4 is 5.32 Å². The topological polar surface area (TPSA) is 137 Å². The fraction of sp³-hybridized carbons (Fsp3) is 0.314. The highest BCUT2D eigenvalue weighted by molar-refractivity contribution is 6.30. The predicted octanol–water partition coefficient (Wildman–Crippen LogP) is 7.36. The Morgan fingerprint density at radius 1 is 0.765 bits per heavy atom. The lowest BCUT2D eigenvalue weighted by molar-refractivity contribution is -0.131. The van der Waals surface area contributed by atoms with E-state index in [1.807, 2.05) is 47.8 Å². The van der Waals surface area contributed by atoms with Crippen LogP contribution in [0, 0.1) is 0 Å². The van der Waals surface area contributed by atoms with Gasteiger partial charge in [-0.05, 0) is 61.1 Å². The standard InChI is InChI=1S/C18H16ClF2N3O2.C17H13ClF2N4O/c19-13-3-1-2-12(6-13)18(4-5-18)7-15-22-8-11(9-23-15)14(25)10-24-17(26)16(20)21;18-12-3-1-2-11(6-12)17(4-5-17)7-13-21-8-10(9-22-13)15-23-24-16(25-15)14(19)20/h1-3,6,8-9,16H,4-5,7,10H2,(H,24,26);1-3,6,8-9,14H,4-5,7H2. The molecule has 51 heavy (non-hydrogen) atoms. The largest absolute Gasteiger partial charge is 0.415 e. The summed E-state index contributed by atoms with van der Waals surface area (Å²) in [6.45, 7) is -0.516. The molecule has 10 nitrogen and oxygen atoms in total. The first-order valence-electron chi connectivity index (χ1n) is 15.8. The third-order valence-corrected chi connectivity index (χ3v) is 9.27. The Hall–Kier alpha value is -4.82. The molecule has 0 saturated heterocycles. The number of hydrogen-bond donors (Lipinski definition) is 1. The average Bonchev–Trinajstić information content (AvgIpc) is 4.04. The van der Waals surface area contributed by atoms with Crippen molar-refractivity contribution in [1.82, 2.24) is 35.5 Å². The van der Waals surface area contributed by atoms with Gasteiger partial charge in [0.05, 0.1) is 17.7 Å². The van der Waals surface area contributed by atoms with Crippen molar-refractivity contribution in [3.8, 4) is 11.5 Å². The van der Waals surface area contributed by atoms with Crippen molar-refractivity contribution >= 4 is 34.9 Å². The Morgan fingerprint density at radius 3 is 1.71 bits per heavy atom. The van der Waals surface area contributed by atoms with Crippen molar-refractivity contribution in [2.24, 2.45) is 0 Å². The minimum absolute atomic E-state index is 0.0159. The summed E-state index contributed by atoms with van der Waals surface area (Å²) in [5.74, 6) is -1.46. The fourth-order valence-corrected chi connectivity index (χ4v) is 5.99. The summed E-state index contributed by atoms with van der Waals surface area (Å²) in [5, 5.41) is 10.1. The number of nitrogens with zero attached hydrogens (tertiary/aromatic N) is 6. The van der Waals surface area contributed by atoms with Crippen LogP contribution in [0.3, 0.4) is 0 Å². The van der Waals surface area contributed by atoms with Gasteiger partial charge in [0.1, 0.15) is 11.6 Å². The first-order valence-corrected chi connectivity index (χ1v) is 16.6. The van der Waals surface area contributed by atoms with Gasteiger partial charge in [0.15, 0.2) is 5.78 Å². The molecule has 0 unspecified atom stereocenters. The zero-order chi connectivity index (χ0) is 36.2. The monoisotopic (exact) mass is 741 g/mol. The van der Waals surface area contributed by atoms with Gasteiger partial charge < -0.3 is 9.73 Å². The smallest absolute Gasteiger partial charge is 0.315 e. The van der Waals surface area contributed by atoms with E-state index in [0.29, 0.717) is 40.1 Å². The second kappa shape index (κ2) is 15.2. The molecule has 2 fully saturated rings. The van der Waals surface area contributed by atoms with Crippen LogP contribution in [0.5, 0.6) is 0 Å². The summed E-state index contributed by atoms with van der Waals surface area (Å²) in [5.41, 5.74) is 2.91. The number of rotatable bonds is 12. The van der Waals surface area contributed by atoms with E-state index in [9.17, 15) is 27.2 Å². The number of halogens is 6. The van der Waals surface area contributed by atoms with Gasteiger partial charge in [-0.25, -0.2) is 19.9 Å². The molecule has 2 aliphatic rings. The quantitative estimate of drug-likeness (QED) is 0.103. The van der Waals surface area contributed by atoms with Gasteiger partial charge in [-0.15, -0.1) is 10.2 Å². The van der Waals surface area contributed by atoms with Gasteiger partial charge >= 0.3 is 12.9 Å². The Morgan fingerprint density at radius 2 is 1.27 bits per heavy atom. The van der Waals surface area contributed by atoms with Gasteiger partial charge in [-0.2, -0.15) is 17.6 Å². The molecule has 0 radical (unpaired) electrons. The van der Waals surface area contributed by atoms with Crippen LogP contribution in [0.1, 0.15) is 71.1 Å². The van der Waals surface area contributed by atoms with E-state index in [-0.39, 0.29) is 22.3 Å². The molecule has 0 aliphatic heterocycles. The highest BCUT2D eigenvalue weighted by atomic mass is 35.5. The summed E-state index contributed by atoms with van der Waals surface area (Å²) in [6, 6.07) is 15.5. The maximum atomic E-state index is 12.5. The molecule has 2 aromatic carbocycles. The van der Waals surface area contributed by atoms with E-state index >= 15 is 0 Å². The van der Waals surface area contributed by atoms with Crippen molar-refractivity contribution in [2.45, 2.75) is 62.2 Å². The van der Waals surface area contributed by atoms with Crippen molar-refractivity contribution in [2.75, 3.05) is 6.54 Å². The van der Waals surface area contributed by atoms with E-state index in [1.165, 1.54) is 30.4 Å². The van der Waals surface area contributed by atoms with Gasteiger partial charge in [-0.1, -0.05) is 47.5 Å². The number of carbonyl (C=O) groups excluding carboxylic acids is 2. The van der Waals surface area contributed by atoms with Crippen LogP contribution in [0.25, 0.3) is 11.5 Å². The summed E-state index contributed by atoms with van der Waals surface area (Å²) in [7, 11) is 0. The number of benzene rings is 2. The summed E-state index contributed by atoms with van der Waals surface area (Å²) in [4.78, 5) is 39.8. The molecule has 7 rings (SSSR count). The maximum Gasteiger partial charge on any atom is 0.315 e. The van der Waals surface area contributed by atoms with Gasteiger partial charge in [0.2, 0.25) is 0 Å². The van der Waals surface area contributed by atoms with Crippen LogP contribution in [-0.2, 0) is 28.5 Å². The number of aromatic nitrogens is 6. The van der Waals surface area contributed by atoms with E-state index in [0.717, 1.165) is 31.2 Å². The van der Waals surface area contributed by atoms with Gasteiger partial charge in [0, 0.05) is 58.5 Å². The molecule has 2 aliphatic carbocycles. The van der Waals surface area contributed by atoms with Crippen LogP contribution >= 0.6 is 23.2 Å². The van der Waals surface area contributed by atoms with Crippen molar-refractivity contribution in [1.29, 1.82) is 0 Å². The molecular weight excluding hydrogens is 713 g/mol. The van der Waals surface area contributed by atoms with E-state index in [4.69, 9.17) is 27.6 Å². The molecule has 16 heteroatoms. The molecule has 1 N–H and O–H groups in total. The second-order valence-corrected chi connectivity index (χ2v) is 13.3. The van der Waals surface area contributed by atoms with E-state index in [2.05, 4.69) is 36.2 Å². The summed E-state index contributed by atoms with van der Waals surface area (Å²) in [6.07, 6.45) is 5.24. The number of alkyl halides is 4. The summed E-state index contributed by atoms with van der Waals surface area (Å²) < 4.78 is 54.1. The molecule has 264 valence electrons. The number of Topliss-reactive ketones (excluding diaryl/α,β-unsaturated/α-hetero) is 1. The minimum Gasteiger partial charge on any atom is -0.415 e. The zero-order valence-corrected chi connectivity index (χ0v) is 28.2. The van der Waals surface area contributed by atoms with Crippen molar-refractivity contribution in [3.05, 3.63) is 118 Å². The lowest BCUT2D eigenvalue weighted by Crippen LogP contribution is -2.34. The molecule has 0 atom stereocenters. The fourth-order valence-electron chi connectivity index (χ4n) is 5.61. The van der Waals surface area contributed by atoms with Crippen LogP contribution in [0.4, 0.5) is 17.6 Å². The highest BCUT2D eigenvalue weighted by Gasteiger charge is 2.45. The van der Waals surface area contributed by atoms with Crippen LogP contribution in [0.15, 0.2) is 77.7 Å². The second-order valence-electron chi connectivity index (χ2n) is 12.4. The normalized spacial score (nSPS) is 15.2. The third kappa shape index (κ3) is 8.92. The Labute approximate surface area is 299 Å². The Kier molecular flexibility index (Phi) is 10.7. The SMILES string of the molecule is FC(F)c1nnc(-c2cnc(CC3(c4cccc(Cl)c4)CC3)nc2)o1.O=C(CNC(=O)C(F)F)c1cnc(CC2(c3cccc(Cl)c3)CC2)nc1. The molecule has 5 aromatic rings. The first kappa shape index (κ1) is 36.0. The molecule has 3 aromatic heterocycles. The van der Waals surface area contributed by atoms with Crippen LogP contribution in [-0.4, -0.2) is 54.8 Å². The Balaban J connectivity index is 0.000000176. The van der Waals surface area contributed by atoms with Crippen LogP contribution in [0.2, 0.25) is 10.0 Å². The highest BCUT2D eigenvalue weighted by Crippen LogP contribution is 2.51. The van der Waals surface area contributed by atoms with Gasteiger partial charge in [-0.3, -0.25) is 9.59 Å². The Bertz CT molecular complexity index is 2010. The van der Waals surface area contributed by atoms with E-state index in [1.54, 1.807) is 0 Å². The molecule has 0 spiro atoms.